The van der Waals surface area contributed by atoms with Crippen molar-refractivity contribution in [1.29, 1.82) is 0 Å². The van der Waals surface area contributed by atoms with Gasteiger partial charge in [-0.3, -0.25) is 0 Å². The van der Waals surface area contributed by atoms with Gasteiger partial charge < -0.3 is 9.40 Å². The predicted molar refractivity (Wildman–Crippen MR) is 57.2 cm³/mol. The largest absolute Gasteiger partial charge is 0.434 e. The molecule has 3 aromatic rings. The lowest BCUT2D eigenvalue weighted by Gasteiger charge is -2.05. The molecule has 98 valence electrons. The van der Waals surface area contributed by atoms with Crippen LogP contribution < -0.4 is 5.76 Å². The third-order valence-corrected chi connectivity index (χ3v) is 2.53. The number of H-pyrrole nitrogens is 2. The van der Waals surface area contributed by atoms with E-state index in [4.69, 9.17) is 4.42 Å². The molecule has 0 amide bonds. The summed E-state index contributed by atoms with van der Waals surface area (Å²) in [4.78, 5) is 17.2. The van der Waals surface area contributed by atoms with E-state index in [1.165, 1.54) is 6.20 Å². The normalized spacial score (nSPS) is 12.2. The molecule has 2 N–H and O–H groups in total. The standard InChI is InChI=1S/C10H5F3N4O2/c11-10(12,13)4-1-5-6(3-15-7(5)14-2-4)8-16-17-9(18)19-8/h1-3H,(H,14,15)(H,17,18). The van der Waals surface area contributed by atoms with Crippen LogP contribution in [0.4, 0.5) is 13.2 Å². The zero-order valence-corrected chi connectivity index (χ0v) is 9.08. The topological polar surface area (TPSA) is 87.6 Å². The fourth-order valence-electron chi connectivity index (χ4n) is 1.68. The van der Waals surface area contributed by atoms with Gasteiger partial charge in [0.1, 0.15) is 5.65 Å². The summed E-state index contributed by atoms with van der Waals surface area (Å²) in [5, 5.41) is 5.78. The summed E-state index contributed by atoms with van der Waals surface area (Å²) in [6.45, 7) is 0. The number of hydrogen-bond acceptors (Lipinski definition) is 4. The summed E-state index contributed by atoms with van der Waals surface area (Å²) in [6, 6.07) is 0.919. The van der Waals surface area contributed by atoms with E-state index in [1.54, 1.807) is 0 Å². The Labute approximate surface area is 102 Å². The van der Waals surface area contributed by atoms with Gasteiger partial charge in [0.2, 0.25) is 0 Å². The Hall–Kier alpha value is -2.58. The molecular weight excluding hydrogens is 265 g/mol. The lowest BCUT2D eigenvalue weighted by atomic mass is 10.1. The zero-order valence-electron chi connectivity index (χ0n) is 9.08. The minimum absolute atomic E-state index is 0.0997. The van der Waals surface area contributed by atoms with Gasteiger partial charge in [0, 0.05) is 17.8 Å². The molecule has 0 spiro atoms. The number of halogens is 3. The number of nitrogens with zero attached hydrogens (tertiary/aromatic N) is 2. The van der Waals surface area contributed by atoms with E-state index in [-0.39, 0.29) is 22.5 Å². The molecule has 0 aromatic carbocycles. The van der Waals surface area contributed by atoms with E-state index in [1.807, 2.05) is 5.10 Å². The lowest BCUT2D eigenvalue weighted by molar-refractivity contribution is -0.137. The highest BCUT2D eigenvalue weighted by atomic mass is 19.4. The number of alkyl halides is 3. The summed E-state index contributed by atoms with van der Waals surface area (Å²) in [5.41, 5.74) is -0.417. The molecule has 6 nitrogen and oxygen atoms in total. The maximum absolute atomic E-state index is 12.6. The number of aromatic amines is 2. The van der Waals surface area contributed by atoms with Crippen LogP contribution in [0.1, 0.15) is 5.56 Å². The van der Waals surface area contributed by atoms with Crippen LogP contribution in [0, 0.1) is 0 Å². The highest BCUT2D eigenvalue weighted by Crippen LogP contribution is 2.33. The Bertz CT molecular complexity index is 799. The van der Waals surface area contributed by atoms with Crippen LogP contribution in [0.25, 0.3) is 22.5 Å². The van der Waals surface area contributed by atoms with Crippen LogP contribution in [0.2, 0.25) is 0 Å². The van der Waals surface area contributed by atoms with Gasteiger partial charge in [-0.1, -0.05) is 0 Å². The fraction of sp³-hybridized carbons (Fsp3) is 0.100. The number of aromatic nitrogens is 4. The van der Waals surface area contributed by atoms with Crippen molar-refractivity contribution in [1.82, 2.24) is 20.2 Å². The van der Waals surface area contributed by atoms with Crippen molar-refractivity contribution in [2.24, 2.45) is 0 Å². The van der Waals surface area contributed by atoms with Crippen molar-refractivity contribution < 1.29 is 17.6 Å². The lowest BCUT2D eigenvalue weighted by Crippen LogP contribution is -2.05. The molecule has 0 fully saturated rings. The molecule has 0 bridgehead atoms. The van der Waals surface area contributed by atoms with Crippen LogP contribution in [-0.4, -0.2) is 20.2 Å². The van der Waals surface area contributed by atoms with Crippen molar-refractivity contribution >= 4 is 11.0 Å². The molecule has 0 unspecified atom stereocenters. The highest BCUT2D eigenvalue weighted by molar-refractivity contribution is 5.91. The average Bonchev–Trinajstić information content (AvgIpc) is 2.92. The first-order chi connectivity index (χ1) is 8.95. The van der Waals surface area contributed by atoms with Crippen LogP contribution in [0.3, 0.4) is 0 Å². The van der Waals surface area contributed by atoms with Gasteiger partial charge in [0.05, 0.1) is 11.1 Å². The predicted octanol–water partition coefficient (Wildman–Crippen LogP) is 1.92. The maximum Gasteiger partial charge on any atom is 0.434 e. The highest BCUT2D eigenvalue weighted by Gasteiger charge is 2.31. The van der Waals surface area contributed by atoms with Crippen LogP contribution in [-0.2, 0) is 6.18 Å². The van der Waals surface area contributed by atoms with E-state index in [9.17, 15) is 18.0 Å². The molecule has 3 aromatic heterocycles. The zero-order chi connectivity index (χ0) is 13.6. The number of nitrogens with one attached hydrogen (secondary N) is 2. The monoisotopic (exact) mass is 270 g/mol. The Kier molecular flexibility index (Phi) is 2.24. The molecule has 0 saturated carbocycles. The van der Waals surface area contributed by atoms with Gasteiger partial charge in [-0.05, 0) is 6.07 Å². The van der Waals surface area contributed by atoms with Crippen molar-refractivity contribution in [3.8, 4) is 11.5 Å². The van der Waals surface area contributed by atoms with E-state index in [0.717, 1.165) is 12.3 Å². The van der Waals surface area contributed by atoms with E-state index < -0.39 is 17.5 Å². The molecule has 0 aliphatic rings. The Morgan fingerprint density at radius 1 is 1.32 bits per heavy atom. The number of pyridine rings is 1. The van der Waals surface area contributed by atoms with Gasteiger partial charge in [0.25, 0.3) is 5.89 Å². The summed E-state index contributed by atoms with van der Waals surface area (Å²) in [5.74, 6) is -0.887. The Morgan fingerprint density at radius 2 is 2.11 bits per heavy atom. The quantitative estimate of drug-likeness (QED) is 0.707. The van der Waals surface area contributed by atoms with Crippen molar-refractivity contribution in [3.05, 3.63) is 34.6 Å². The minimum atomic E-state index is -4.50. The Morgan fingerprint density at radius 3 is 2.74 bits per heavy atom. The third kappa shape index (κ3) is 1.88. The van der Waals surface area contributed by atoms with Gasteiger partial charge in [0.15, 0.2) is 0 Å². The van der Waals surface area contributed by atoms with Gasteiger partial charge in [-0.15, -0.1) is 5.10 Å². The average molecular weight is 270 g/mol. The summed E-state index contributed by atoms with van der Waals surface area (Å²) < 4.78 is 42.6. The van der Waals surface area contributed by atoms with Crippen LogP contribution in [0.15, 0.2) is 27.7 Å². The first-order valence-corrected chi connectivity index (χ1v) is 5.05. The second-order valence-electron chi connectivity index (χ2n) is 3.74. The minimum Gasteiger partial charge on any atom is -0.388 e. The molecule has 3 rings (SSSR count). The summed E-state index contributed by atoms with van der Waals surface area (Å²) >= 11 is 0. The molecule has 0 atom stereocenters. The van der Waals surface area contributed by atoms with Crippen molar-refractivity contribution in [2.45, 2.75) is 6.18 Å². The Balaban J connectivity index is 2.24. The molecule has 0 aliphatic heterocycles. The van der Waals surface area contributed by atoms with Gasteiger partial charge in [-0.2, -0.15) is 13.2 Å². The molecular formula is C10H5F3N4O2. The molecule has 3 heterocycles. The second-order valence-corrected chi connectivity index (χ2v) is 3.74. The smallest absolute Gasteiger partial charge is 0.388 e. The molecule has 0 radical (unpaired) electrons. The van der Waals surface area contributed by atoms with Crippen LogP contribution in [0.5, 0.6) is 0 Å². The molecule has 9 heteroatoms. The number of rotatable bonds is 1. The summed E-state index contributed by atoms with van der Waals surface area (Å²) in [6.07, 6.45) is -2.40. The van der Waals surface area contributed by atoms with Gasteiger partial charge >= 0.3 is 11.9 Å². The number of fused-ring (bicyclic) bond motifs is 1. The molecule has 19 heavy (non-hydrogen) atoms. The third-order valence-electron chi connectivity index (χ3n) is 2.53. The molecule has 0 saturated heterocycles. The number of hydrogen-bond donors (Lipinski definition) is 2. The van der Waals surface area contributed by atoms with E-state index in [2.05, 4.69) is 15.1 Å². The van der Waals surface area contributed by atoms with E-state index >= 15 is 0 Å². The van der Waals surface area contributed by atoms with Crippen LogP contribution >= 0.6 is 0 Å². The SMILES string of the molecule is O=c1[nH]nc(-c2c[nH]c3ncc(C(F)(F)F)cc23)o1. The fourth-order valence-corrected chi connectivity index (χ4v) is 1.68. The first-order valence-electron chi connectivity index (χ1n) is 5.05. The second kappa shape index (κ2) is 3.70. The first kappa shape index (κ1) is 11.5. The van der Waals surface area contributed by atoms with Gasteiger partial charge in [-0.25, -0.2) is 14.9 Å². The molecule has 0 aliphatic carbocycles. The van der Waals surface area contributed by atoms with Crippen molar-refractivity contribution in [2.75, 3.05) is 0 Å². The summed E-state index contributed by atoms with van der Waals surface area (Å²) in [7, 11) is 0. The van der Waals surface area contributed by atoms with E-state index in [0.29, 0.717) is 0 Å². The van der Waals surface area contributed by atoms with Crippen molar-refractivity contribution in [3.63, 3.8) is 0 Å². The maximum atomic E-state index is 12.6.